The minimum Gasteiger partial charge on any atom is -0.465 e. The Hall–Kier alpha value is -2.60. The summed E-state index contributed by atoms with van der Waals surface area (Å²) in [5.74, 6) is 0.710. The zero-order valence-corrected chi connectivity index (χ0v) is 18.1. The molecule has 3 rings (SSSR count). The highest BCUT2D eigenvalue weighted by Gasteiger charge is 2.09. The lowest BCUT2D eigenvalue weighted by atomic mass is 10.1. The van der Waals surface area contributed by atoms with Crippen LogP contribution in [0.5, 0.6) is 0 Å². The fraction of sp³-hybridized carbons (Fsp3) is 0.316. The Balaban J connectivity index is 1.58. The van der Waals surface area contributed by atoms with Gasteiger partial charge in [0.25, 0.3) is 0 Å². The molecular formula is C19H23IN6O3. The summed E-state index contributed by atoms with van der Waals surface area (Å²) in [7, 11) is 0. The number of anilines is 3. The van der Waals surface area contributed by atoms with E-state index < -0.39 is 6.09 Å². The van der Waals surface area contributed by atoms with Crippen LogP contribution in [0.1, 0.15) is 12.5 Å². The van der Waals surface area contributed by atoms with Gasteiger partial charge < -0.3 is 25.8 Å². The monoisotopic (exact) mass is 510 g/mol. The Labute approximate surface area is 182 Å². The van der Waals surface area contributed by atoms with Crippen molar-refractivity contribution in [2.24, 2.45) is 0 Å². The summed E-state index contributed by atoms with van der Waals surface area (Å²) in [5, 5.41) is 17.5. The smallest absolute Gasteiger partial charge is 0.404 e. The van der Waals surface area contributed by atoms with Crippen LogP contribution in [0.25, 0.3) is 5.65 Å². The highest BCUT2D eigenvalue weighted by Crippen LogP contribution is 2.25. The number of halogens is 1. The maximum Gasteiger partial charge on any atom is 0.404 e. The van der Waals surface area contributed by atoms with Crippen LogP contribution in [0.2, 0.25) is 0 Å². The van der Waals surface area contributed by atoms with Crippen molar-refractivity contribution in [2.75, 3.05) is 36.9 Å². The molecule has 0 saturated carbocycles. The van der Waals surface area contributed by atoms with E-state index in [0.29, 0.717) is 25.6 Å². The van der Waals surface area contributed by atoms with Gasteiger partial charge in [-0.25, -0.2) is 14.8 Å². The van der Waals surface area contributed by atoms with Crippen molar-refractivity contribution >= 4 is 51.5 Å². The molecule has 0 saturated heterocycles. The first-order valence-corrected chi connectivity index (χ1v) is 10.3. The number of hydrogen-bond acceptors (Lipinski definition) is 6. The number of hydrogen-bond donors (Lipinski definition) is 4. The van der Waals surface area contributed by atoms with Gasteiger partial charge in [0.1, 0.15) is 3.70 Å². The Morgan fingerprint density at radius 2 is 2.10 bits per heavy atom. The minimum atomic E-state index is -1.04. The summed E-state index contributed by atoms with van der Waals surface area (Å²) >= 11 is 2.24. The van der Waals surface area contributed by atoms with Gasteiger partial charge in [0.2, 0.25) is 0 Å². The second-order valence-electron chi connectivity index (χ2n) is 6.17. The number of fused-ring (bicyclic) bond motifs is 1. The predicted octanol–water partition coefficient (Wildman–Crippen LogP) is 3.34. The van der Waals surface area contributed by atoms with Gasteiger partial charge in [-0.05, 0) is 52.8 Å². The van der Waals surface area contributed by atoms with E-state index in [1.807, 2.05) is 28.9 Å². The van der Waals surface area contributed by atoms with Crippen molar-refractivity contribution in [3.05, 3.63) is 46.1 Å². The molecule has 0 aliphatic heterocycles. The van der Waals surface area contributed by atoms with Crippen molar-refractivity contribution in [3.8, 4) is 0 Å². The van der Waals surface area contributed by atoms with E-state index in [2.05, 4.69) is 61.5 Å². The van der Waals surface area contributed by atoms with Crippen molar-refractivity contribution in [3.63, 3.8) is 0 Å². The molecule has 2 aromatic heterocycles. The third-order valence-corrected chi connectivity index (χ3v) is 5.01. The van der Waals surface area contributed by atoms with E-state index >= 15 is 0 Å². The number of ether oxygens (including phenoxy) is 1. The maximum absolute atomic E-state index is 10.4. The summed E-state index contributed by atoms with van der Waals surface area (Å²) in [4.78, 5) is 19.2. The molecule has 0 spiro atoms. The maximum atomic E-state index is 10.4. The molecule has 0 unspecified atom stereocenters. The second kappa shape index (κ2) is 10.3. The quantitative estimate of drug-likeness (QED) is 0.245. The first kappa shape index (κ1) is 21.1. The zero-order valence-electron chi connectivity index (χ0n) is 16.0. The van der Waals surface area contributed by atoms with E-state index in [0.717, 1.165) is 27.1 Å². The molecule has 0 fully saturated rings. The van der Waals surface area contributed by atoms with Gasteiger partial charge in [-0.1, -0.05) is 6.92 Å². The minimum absolute atomic E-state index is 0.284. The van der Waals surface area contributed by atoms with Gasteiger partial charge in [0, 0.05) is 36.9 Å². The van der Waals surface area contributed by atoms with Crippen LogP contribution < -0.4 is 16.0 Å². The van der Waals surface area contributed by atoms with Crippen LogP contribution >= 0.6 is 22.6 Å². The summed E-state index contributed by atoms with van der Waals surface area (Å²) < 4.78 is 8.42. The van der Waals surface area contributed by atoms with E-state index in [1.165, 1.54) is 5.56 Å². The van der Waals surface area contributed by atoms with Crippen molar-refractivity contribution in [1.82, 2.24) is 19.7 Å². The molecule has 2 heterocycles. The number of aromatic nitrogens is 3. The number of amides is 1. The number of nitrogens with one attached hydrogen (secondary N) is 3. The van der Waals surface area contributed by atoms with Crippen LogP contribution in [0, 0.1) is 3.70 Å². The molecule has 29 heavy (non-hydrogen) atoms. The first-order chi connectivity index (χ1) is 14.1. The molecule has 0 aliphatic rings. The van der Waals surface area contributed by atoms with Gasteiger partial charge in [-0.3, -0.25) is 4.40 Å². The molecule has 10 heteroatoms. The number of carboxylic acid groups (broad SMARTS) is 1. The summed E-state index contributed by atoms with van der Waals surface area (Å²) in [6.45, 7) is 3.87. The normalized spacial score (nSPS) is 10.8. The Morgan fingerprint density at radius 3 is 2.90 bits per heavy atom. The van der Waals surface area contributed by atoms with Crippen LogP contribution in [0.4, 0.5) is 22.0 Å². The molecule has 0 atom stereocenters. The Bertz CT molecular complexity index is 978. The molecule has 0 bridgehead atoms. The molecule has 3 aromatic rings. The van der Waals surface area contributed by atoms with Crippen LogP contribution in [0.15, 0.2) is 36.8 Å². The number of rotatable bonds is 10. The number of imidazole rings is 1. The van der Waals surface area contributed by atoms with E-state index in [4.69, 9.17) is 9.84 Å². The second-order valence-corrected chi connectivity index (χ2v) is 7.28. The molecule has 1 amide bonds. The van der Waals surface area contributed by atoms with Crippen molar-refractivity contribution < 1.29 is 14.6 Å². The molecule has 1 aromatic carbocycles. The number of nitrogens with zero attached hydrogens (tertiary/aromatic N) is 3. The first-order valence-electron chi connectivity index (χ1n) is 9.24. The third kappa shape index (κ3) is 5.70. The lowest BCUT2D eigenvalue weighted by Gasteiger charge is -2.14. The molecule has 0 radical (unpaired) electrons. The number of aryl methyl sites for hydroxylation is 1. The lowest BCUT2D eigenvalue weighted by Crippen LogP contribution is -2.26. The van der Waals surface area contributed by atoms with Crippen LogP contribution in [0.3, 0.4) is 0 Å². The van der Waals surface area contributed by atoms with Crippen LogP contribution in [-0.2, 0) is 11.2 Å². The highest BCUT2D eigenvalue weighted by molar-refractivity contribution is 14.1. The number of carbonyl (C=O) groups is 1. The average molecular weight is 510 g/mol. The van der Waals surface area contributed by atoms with E-state index in [9.17, 15) is 4.79 Å². The Kier molecular flexibility index (Phi) is 7.47. The average Bonchev–Trinajstić information content (AvgIpc) is 3.10. The van der Waals surface area contributed by atoms with Gasteiger partial charge in [0.15, 0.2) is 11.5 Å². The molecule has 0 aliphatic carbocycles. The topological polar surface area (TPSA) is 113 Å². The van der Waals surface area contributed by atoms with Crippen molar-refractivity contribution in [1.29, 1.82) is 0 Å². The third-order valence-electron chi connectivity index (χ3n) is 4.22. The standard InChI is InChI=1S/C19H23IN6O3/c1-2-13-11-14(25-17-18-24-12-16(20)26(18)8-5-22-17)3-4-15(13)21-6-9-29-10-7-23-19(27)28/h3-5,8,11-12,21,23H,2,6-7,9-10H2,1H3,(H,22,25)(H,27,28). The van der Waals surface area contributed by atoms with Gasteiger partial charge >= 0.3 is 6.09 Å². The zero-order chi connectivity index (χ0) is 20.6. The fourth-order valence-electron chi connectivity index (χ4n) is 2.84. The fourth-order valence-corrected chi connectivity index (χ4v) is 3.37. The van der Waals surface area contributed by atoms with Gasteiger partial charge in [-0.2, -0.15) is 0 Å². The van der Waals surface area contributed by atoms with Gasteiger partial charge in [-0.15, -0.1) is 0 Å². The van der Waals surface area contributed by atoms with E-state index in [1.54, 1.807) is 6.20 Å². The predicted molar refractivity (Wildman–Crippen MR) is 120 cm³/mol. The lowest BCUT2D eigenvalue weighted by molar-refractivity contribution is 0.141. The molecular weight excluding hydrogens is 487 g/mol. The van der Waals surface area contributed by atoms with Crippen LogP contribution in [-0.4, -0.2) is 51.9 Å². The van der Waals surface area contributed by atoms with Crippen molar-refractivity contribution in [2.45, 2.75) is 13.3 Å². The number of benzene rings is 1. The summed E-state index contributed by atoms with van der Waals surface area (Å²) in [6, 6.07) is 6.12. The largest absolute Gasteiger partial charge is 0.465 e. The van der Waals surface area contributed by atoms with Gasteiger partial charge in [0.05, 0.1) is 19.4 Å². The summed E-state index contributed by atoms with van der Waals surface area (Å²) in [5.41, 5.74) is 3.95. The molecule has 4 N–H and O–H groups in total. The highest BCUT2D eigenvalue weighted by atomic mass is 127. The summed E-state index contributed by atoms with van der Waals surface area (Å²) in [6.07, 6.45) is 5.29. The Morgan fingerprint density at radius 1 is 1.28 bits per heavy atom. The molecule has 9 nitrogen and oxygen atoms in total. The SMILES string of the molecule is CCc1cc(Nc2nccn3c(I)cnc23)ccc1NCCOCCNC(=O)O. The van der Waals surface area contributed by atoms with E-state index in [-0.39, 0.29) is 6.54 Å². The molecule has 154 valence electrons.